The largest absolute Gasteiger partial charge is 0.395 e. The third-order valence-electron chi connectivity index (χ3n) is 2.32. The summed E-state index contributed by atoms with van der Waals surface area (Å²) in [5.74, 6) is 1.98. The van der Waals surface area contributed by atoms with Gasteiger partial charge in [-0.25, -0.2) is 9.97 Å². The van der Waals surface area contributed by atoms with Crippen LogP contribution in [0.2, 0.25) is 0 Å². The van der Waals surface area contributed by atoms with Gasteiger partial charge in [-0.3, -0.25) is 0 Å². The zero-order chi connectivity index (χ0) is 11.4. The number of nitrogen functional groups attached to an aromatic ring is 1. The number of aromatic nitrogens is 2. The number of nitrogens with zero attached hydrogens (tertiary/aromatic N) is 3. The van der Waals surface area contributed by atoms with Crippen molar-refractivity contribution in [2.75, 3.05) is 30.3 Å². The van der Waals surface area contributed by atoms with Gasteiger partial charge in [0.05, 0.1) is 6.61 Å². The average molecular weight is 210 g/mol. The van der Waals surface area contributed by atoms with Crippen LogP contribution in [-0.4, -0.2) is 34.8 Å². The number of hydrogen-bond donors (Lipinski definition) is 2. The monoisotopic (exact) mass is 210 g/mol. The highest BCUT2D eigenvalue weighted by atomic mass is 16.3. The second kappa shape index (κ2) is 4.93. The van der Waals surface area contributed by atoms with Gasteiger partial charge in [0.15, 0.2) is 0 Å². The second-order valence-corrected chi connectivity index (χ2v) is 3.41. The van der Waals surface area contributed by atoms with Gasteiger partial charge in [-0.1, -0.05) is 0 Å². The van der Waals surface area contributed by atoms with Crippen LogP contribution in [-0.2, 0) is 0 Å². The van der Waals surface area contributed by atoms with Gasteiger partial charge in [0.2, 0.25) is 0 Å². The predicted molar refractivity (Wildman–Crippen MR) is 60.9 cm³/mol. The summed E-state index contributed by atoms with van der Waals surface area (Å²) < 4.78 is 0. The number of likely N-dealkylation sites (N-methyl/N-ethyl adjacent to an activating group) is 1. The number of aryl methyl sites for hydroxylation is 1. The zero-order valence-electron chi connectivity index (χ0n) is 9.49. The Bertz CT molecular complexity index is 340. The molecule has 0 amide bonds. The van der Waals surface area contributed by atoms with E-state index in [2.05, 4.69) is 9.97 Å². The summed E-state index contributed by atoms with van der Waals surface area (Å²) in [6, 6.07) is 0. The smallest absolute Gasteiger partial charge is 0.137 e. The molecule has 1 heterocycles. The van der Waals surface area contributed by atoms with E-state index in [9.17, 15) is 0 Å². The third-order valence-corrected chi connectivity index (χ3v) is 2.32. The maximum Gasteiger partial charge on any atom is 0.137 e. The maximum atomic E-state index is 8.94. The van der Waals surface area contributed by atoms with Gasteiger partial charge in [0.25, 0.3) is 0 Å². The van der Waals surface area contributed by atoms with Gasteiger partial charge in [-0.05, 0) is 20.8 Å². The Morgan fingerprint density at radius 2 is 2.00 bits per heavy atom. The van der Waals surface area contributed by atoms with Crippen LogP contribution < -0.4 is 10.6 Å². The van der Waals surface area contributed by atoms with E-state index in [-0.39, 0.29) is 6.61 Å². The van der Waals surface area contributed by atoms with Gasteiger partial charge >= 0.3 is 0 Å². The first kappa shape index (κ1) is 11.7. The lowest BCUT2D eigenvalue weighted by Crippen LogP contribution is -2.28. The molecule has 0 spiro atoms. The molecule has 1 aromatic heterocycles. The van der Waals surface area contributed by atoms with Crippen LogP contribution in [0.15, 0.2) is 0 Å². The number of anilines is 2. The van der Waals surface area contributed by atoms with Gasteiger partial charge < -0.3 is 15.7 Å². The number of nitrogens with two attached hydrogens (primary N) is 1. The molecule has 84 valence electrons. The van der Waals surface area contributed by atoms with E-state index in [0.29, 0.717) is 18.2 Å². The van der Waals surface area contributed by atoms with Gasteiger partial charge in [-0.15, -0.1) is 0 Å². The molecule has 0 aliphatic carbocycles. The Labute approximate surface area is 90.0 Å². The van der Waals surface area contributed by atoms with E-state index in [1.165, 1.54) is 0 Å². The molecule has 0 aliphatic rings. The van der Waals surface area contributed by atoms with Crippen LogP contribution >= 0.6 is 0 Å². The molecular formula is C10H18N4O. The molecule has 1 aromatic rings. The average Bonchev–Trinajstić information content (AvgIpc) is 2.20. The van der Waals surface area contributed by atoms with Crippen LogP contribution in [0.4, 0.5) is 11.6 Å². The molecule has 0 radical (unpaired) electrons. The van der Waals surface area contributed by atoms with Crippen molar-refractivity contribution < 1.29 is 5.11 Å². The minimum absolute atomic E-state index is 0.107. The van der Waals surface area contributed by atoms with Crippen LogP contribution in [0.3, 0.4) is 0 Å². The van der Waals surface area contributed by atoms with Gasteiger partial charge in [0, 0.05) is 18.7 Å². The van der Waals surface area contributed by atoms with Crippen LogP contribution in [0, 0.1) is 13.8 Å². The molecule has 0 bridgehead atoms. The Morgan fingerprint density at radius 1 is 1.33 bits per heavy atom. The number of aliphatic hydroxyl groups is 1. The topological polar surface area (TPSA) is 75.3 Å². The lowest BCUT2D eigenvalue weighted by molar-refractivity contribution is 0.302. The first-order valence-electron chi connectivity index (χ1n) is 5.06. The van der Waals surface area contributed by atoms with E-state index >= 15 is 0 Å². The van der Waals surface area contributed by atoms with E-state index in [4.69, 9.17) is 10.8 Å². The van der Waals surface area contributed by atoms with Crippen molar-refractivity contribution >= 4 is 11.6 Å². The fourth-order valence-corrected chi connectivity index (χ4v) is 1.48. The normalized spacial score (nSPS) is 10.4. The molecule has 3 N–H and O–H groups in total. The summed E-state index contributed by atoms with van der Waals surface area (Å²) in [6.45, 7) is 7.18. The van der Waals surface area contributed by atoms with E-state index in [1.807, 2.05) is 25.7 Å². The third kappa shape index (κ3) is 2.56. The standard InChI is InChI=1S/C10H18N4O/c1-4-14(5-6-15)10-7(2)9(11)12-8(3)13-10/h15H,4-6H2,1-3H3,(H2,11,12,13). The highest BCUT2D eigenvalue weighted by Gasteiger charge is 2.12. The lowest BCUT2D eigenvalue weighted by atomic mass is 10.3. The molecule has 15 heavy (non-hydrogen) atoms. The summed E-state index contributed by atoms with van der Waals surface area (Å²) in [7, 11) is 0. The van der Waals surface area contributed by atoms with Gasteiger partial charge in [0.1, 0.15) is 17.5 Å². The van der Waals surface area contributed by atoms with Crippen molar-refractivity contribution in [3.05, 3.63) is 11.4 Å². The summed E-state index contributed by atoms with van der Waals surface area (Å²) in [5, 5.41) is 8.94. The molecule has 0 aromatic carbocycles. The molecule has 0 saturated carbocycles. The van der Waals surface area contributed by atoms with Crippen LogP contribution in [0.5, 0.6) is 0 Å². The van der Waals surface area contributed by atoms with Crippen molar-refractivity contribution in [3.63, 3.8) is 0 Å². The Morgan fingerprint density at radius 3 is 2.53 bits per heavy atom. The molecule has 0 aliphatic heterocycles. The maximum absolute atomic E-state index is 8.94. The van der Waals surface area contributed by atoms with Crippen molar-refractivity contribution in [2.24, 2.45) is 0 Å². The Hall–Kier alpha value is -1.36. The van der Waals surface area contributed by atoms with Crippen LogP contribution in [0.25, 0.3) is 0 Å². The van der Waals surface area contributed by atoms with E-state index in [1.54, 1.807) is 0 Å². The number of rotatable bonds is 4. The molecular weight excluding hydrogens is 192 g/mol. The molecule has 0 atom stereocenters. The quantitative estimate of drug-likeness (QED) is 0.756. The first-order chi connectivity index (χ1) is 7.10. The molecule has 0 saturated heterocycles. The minimum Gasteiger partial charge on any atom is -0.395 e. The summed E-state index contributed by atoms with van der Waals surface area (Å²) in [6.07, 6.45) is 0. The molecule has 0 fully saturated rings. The number of hydrogen-bond acceptors (Lipinski definition) is 5. The fraction of sp³-hybridized carbons (Fsp3) is 0.600. The highest BCUT2D eigenvalue weighted by Crippen LogP contribution is 2.20. The summed E-state index contributed by atoms with van der Waals surface area (Å²) in [4.78, 5) is 10.4. The number of aliphatic hydroxyl groups excluding tert-OH is 1. The van der Waals surface area contributed by atoms with Gasteiger partial charge in [-0.2, -0.15) is 0 Å². The van der Waals surface area contributed by atoms with E-state index in [0.717, 1.165) is 17.9 Å². The highest BCUT2D eigenvalue weighted by molar-refractivity contribution is 5.56. The minimum atomic E-state index is 0.107. The molecule has 0 unspecified atom stereocenters. The van der Waals surface area contributed by atoms with Crippen LogP contribution in [0.1, 0.15) is 18.3 Å². The van der Waals surface area contributed by atoms with Crippen molar-refractivity contribution in [1.29, 1.82) is 0 Å². The second-order valence-electron chi connectivity index (χ2n) is 3.41. The zero-order valence-corrected chi connectivity index (χ0v) is 9.49. The molecule has 1 rings (SSSR count). The first-order valence-corrected chi connectivity index (χ1v) is 5.06. The fourth-order valence-electron chi connectivity index (χ4n) is 1.48. The predicted octanol–water partition coefficient (Wildman–Crippen LogP) is 0.494. The Balaban J connectivity index is 3.10. The van der Waals surface area contributed by atoms with Crippen molar-refractivity contribution in [1.82, 2.24) is 9.97 Å². The molecule has 5 nitrogen and oxygen atoms in total. The van der Waals surface area contributed by atoms with Crippen molar-refractivity contribution in [2.45, 2.75) is 20.8 Å². The molecule has 5 heteroatoms. The Kier molecular flexibility index (Phi) is 3.85. The summed E-state index contributed by atoms with van der Waals surface area (Å²) in [5.41, 5.74) is 6.64. The lowest BCUT2D eigenvalue weighted by Gasteiger charge is -2.23. The van der Waals surface area contributed by atoms with Crippen molar-refractivity contribution in [3.8, 4) is 0 Å². The van der Waals surface area contributed by atoms with E-state index < -0.39 is 0 Å². The SMILES string of the molecule is CCN(CCO)c1nc(C)nc(N)c1C. The summed E-state index contributed by atoms with van der Waals surface area (Å²) >= 11 is 0.